The third-order valence-electron chi connectivity index (χ3n) is 3.80. The zero-order chi connectivity index (χ0) is 14.4. The van der Waals surface area contributed by atoms with E-state index < -0.39 is 0 Å². The third-order valence-corrected chi connectivity index (χ3v) is 3.80. The van der Waals surface area contributed by atoms with Crippen LogP contribution in [0.1, 0.15) is 38.7 Å². The molecule has 1 heterocycles. The van der Waals surface area contributed by atoms with Crippen molar-refractivity contribution >= 4 is 16.8 Å². The number of carbonyl (C=O) groups excluding carboxylic acids is 1. The summed E-state index contributed by atoms with van der Waals surface area (Å²) >= 11 is 0. The number of fused-ring (bicyclic) bond motifs is 1. The molecule has 0 atom stereocenters. The summed E-state index contributed by atoms with van der Waals surface area (Å²) in [5.41, 5.74) is 2.38. The lowest BCUT2D eigenvalue weighted by molar-refractivity contribution is -0.131. The SMILES string of the molecule is CCCCN(CC)C(=O)CCc1c[nH]c2ccccc12. The Bertz CT molecular complexity index is 559. The van der Waals surface area contributed by atoms with Crippen LogP contribution >= 0.6 is 0 Å². The van der Waals surface area contributed by atoms with Crippen LogP contribution in [0.2, 0.25) is 0 Å². The van der Waals surface area contributed by atoms with Gasteiger partial charge in [0.25, 0.3) is 0 Å². The van der Waals surface area contributed by atoms with E-state index in [9.17, 15) is 4.79 Å². The molecule has 1 amide bonds. The predicted molar refractivity (Wildman–Crippen MR) is 83.8 cm³/mol. The molecular weight excluding hydrogens is 248 g/mol. The van der Waals surface area contributed by atoms with Crippen molar-refractivity contribution in [3.05, 3.63) is 36.0 Å². The second-order valence-corrected chi connectivity index (χ2v) is 5.19. The first-order valence-corrected chi connectivity index (χ1v) is 7.59. The van der Waals surface area contributed by atoms with Crippen molar-refractivity contribution in [2.24, 2.45) is 0 Å². The van der Waals surface area contributed by atoms with E-state index in [-0.39, 0.29) is 5.91 Å². The number of aromatic amines is 1. The molecule has 108 valence electrons. The fraction of sp³-hybridized carbons (Fsp3) is 0.471. The number of aryl methyl sites for hydroxylation is 1. The van der Waals surface area contributed by atoms with E-state index in [2.05, 4.69) is 31.0 Å². The standard InChI is InChI=1S/C17H24N2O/c1-3-5-12-19(4-2)17(20)11-10-14-13-18-16-9-7-6-8-15(14)16/h6-9,13,18H,3-5,10-12H2,1-2H3. The van der Waals surface area contributed by atoms with Gasteiger partial charge in [-0.2, -0.15) is 0 Å². The van der Waals surface area contributed by atoms with E-state index in [4.69, 9.17) is 0 Å². The quantitative estimate of drug-likeness (QED) is 0.818. The van der Waals surface area contributed by atoms with Gasteiger partial charge in [0.2, 0.25) is 5.91 Å². The number of hydrogen-bond donors (Lipinski definition) is 1. The molecule has 0 saturated carbocycles. The van der Waals surface area contributed by atoms with Gasteiger partial charge >= 0.3 is 0 Å². The Hall–Kier alpha value is -1.77. The minimum Gasteiger partial charge on any atom is -0.361 e. The van der Waals surface area contributed by atoms with Crippen molar-refractivity contribution in [1.29, 1.82) is 0 Å². The van der Waals surface area contributed by atoms with Gasteiger partial charge in [0.05, 0.1) is 0 Å². The van der Waals surface area contributed by atoms with Gasteiger partial charge in [-0.05, 0) is 31.4 Å². The number of hydrogen-bond acceptors (Lipinski definition) is 1. The molecule has 0 unspecified atom stereocenters. The van der Waals surface area contributed by atoms with Gasteiger partial charge in [-0.15, -0.1) is 0 Å². The van der Waals surface area contributed by atoms with E-state index in [0.717, 1.165) is 37.9 Å². The summed E-state index contributed by atoms with van der Waals surface area (Å²) in [6, 6.07) is 8.25. The highest BCUT2D eigenvalue weighted by atomic mass is 16.2. The normalized spacial score (nSPS) is 10.9. The molecule has 0 bridgehead atoms. The summed E-state index contributed by atoms with van der Waals surface area (Å²) in [4.78, 5) is 17.5. The average molecular weight is 272 g/mol. The molecule has 2 aromatic rings. The molecular formula is C17H24N2O. The maximum Gasteiger partial charge on any atom is 0.222 e. The summed E-state index contributed by atoms with van der Waals surface area (Å²) in [7, 11) is 0. The van der Waals surface area contributed by atoms with Crippen LogP contribution < -0.4 is 0 Å². The van der Waals surface area contributed by atoms with Crippen molar-refractivity contribution in [1.82, 2.24) is 9.88 Å². The van der Waals surface area contributed by atoms with Crippen molar-refractivity contribution in [2.75, 3.05) is 13.1 Å². The minimum absolute atomic E-state index is 0.270. The van der Waals surface area contributed by atoms with Crippen LogP contribution in [-0.4, -0.2) is 28.9 Å². The number of H-pyrrole nitrogens is 1. The average Bonchev–Trinajstić information content (AvgIpc) is 2.89. The second kappa shape index (κ2) is 7.13. The molecule has 0 aliphatic carbocycles. The summed E-state index contributed by atoms with van der Waals surface area (Å²) in [5, 5.41) is 1.23. The van der Waals surface area contributed by atoms with Crippen LogP contribution in [0.3, 0.4) is 0 Å². The predicted octanol–water partition coefficient (Wildman–Crippen LogP) is 3.75. The Morgan fingerprint density at radius 1 is 1.25 bits per heavy atom. The highest BCUT2D eigenvalue weighted by Crippen LogP contribution is 2.19. The maximum atomic E-state index is 12.2. The van der Waals surface area contributed by atoms with Crippen molar-refractivity contribution < 1.29 is 4.79 Å². The van der Waals surface area contributed by atoms with Gasteiger partial charge in [-0.1, -0.05) is 31.5 Å². The monoisotopic (exact) mass is 272 g/mol. The van der Waals surface area contributed by atoms with Crippen molar-refractivity contribution in [3.63, 3.8) is 0 Å². The molecule has 0 fully saturated rings. The zero-order valence-electron chi connectivity index (χ0n) is 12.5. The first-order chi connectivity index (χ1) is 9.76. The molecule has 3 heteroatoms. The van der Waals surface area contributed by atoms with E-state index in [1.165, 1.54) is 10.9 Å². The van der Waals surface area contributed by atoms with Gasteiger partial charge in [-0.3, -0.25) is 4.79 Å². The molecule has 0 aliphatic rings. The fourth-order valence-corrected chi connectivity index (χ4v) is 2.55. The minimum atomic E-state index is 0.270. The number of aromatic nitrogens is 1. The van der Waals surface area contributed by atoms with Gasteiger partial charge in [0, 0.05) is 36.6 Å². The molecule has 2 rings (SSSR count). The van der Waals surface area contributed by atoms with Crippen molar-refractivity contribution in [2.45, 2.75) is 39.5 Å². The fourth-order valence-electron chi connectivity index (χ4n) is 2.55. The van der Waals surface area contributed by atoms with E-state index in [1.807, 2.05) is 23.2 Å². The zero-order valence-corrected chi connectivity index (χ0v) is 12.5. The molecule has 1 aromatic carbocycles. The molecule has 1 aromatic heterocycles. The summed E-state index contributed by atoms with van der Waals surface area (Å²) in [5.74, 6) is 0.270. The Labute approximate surface area is 121 Å². The summed E-state index contributed by atoms with van der Waals surface area (Å²) in [6.07, 6.45) is 5.66. The van der Waals surface area contributed by atoms with Gasteiger partial charge in [-0.25, -0.2) is 0 Å². The van der Waals surface area contributed by atoms with Crippen LogP contribution in [0, 0.1) is 0 Å². The third kappa shape index (κ3) is 3.41. The Morgan fingerprint density at radius 3 is 2.80 bits per heavy atom. The molecule has 0 aliphatic heterocycles. The van der Waals surface area contributed by atoms with Crippen LogP contribution in [0.25, 0.3) is 10.9 Å². The smallest absolute Gasteiger partial charge is 0.222 e. The second-order valence-electron chi connectivity index (χ2n) is 5.19. The summed E-state index contributed by atoms with van der Waals surface area (Å²) < 4.78 is 0. The first kappa shape index (κ1) is 14.6. The number of nitrogens with zero attached hydrogens (tertiary/aromatic N) is 1. The first-order valence-electron chi connectivity index (χ1n) is 7.59. The van der Waals surface area contributed by atoms with Crippen LogP contribution in [0.5, 0.6) is 0 Å². The van der Waals surface area contributed by atoms with Crippen molar-refractivity contribution in [3.8, 4) is 0 Å². The van der Waals surface area contributed by atoms with Gasteiger partial charge in [0.1, 0.15) is 0 Å². The number of carbonyl (C=O) groups is 1. The Morgan fingerprint density at radius 2 is 2.05 bits per heavy atom. The molecule has 20 heavy (non-hydrogen) atoms. The Kier molecular flexibility index (Phi) is 5.22. The number of benzene rings is 1. The van der Waals surface area contributed by atoms with E-state index >= 15 is 0 Å². The lowest BCUT2D eigenvalue weighted by atomic mass is 10.1. The highest BCUT2D eigenvalue weighted by Gasteiger charge is 2.12. The van der Waals surface area contributed by atoms with E-state index in [1.54, 1.807) is 0 Å². The molecule has 1 N–H and O–H groups in total. The van der Waals surface area contributed by atoms with Crippen LogP contribution in [0.4, 0.5) is 0 Å². The topological polar surface area (TPSA) is 36.1 Å². The Balaban J connectivity index is 1.95. The number of para-hydroxylation sites is 1. The number of unbranched alkanes of at least 4 members (excludes halogenated alkanes) is 1. The largest absolute Gasteiger partial charge is 0.361 e. The molecule has 0 radical (unpaired) electrons. The number of nitrogens with one attached hydrogen (secondary N) is 1. The van der Waals surface area contributed by atoms with Crippen LogP contribution in [-0.2, 0) is 11.2 Å². The van der Waals surface area contributed by atoms with E-state index in [0.29, 0.717) is 6.42 Å². The molecule has 0 spiro atoms. The molecule has 3 nitrogen and oxygen atoms in total. The highest BCUT2D eigenvalue weighted by molar-refractivity contribution is 5.84. The number of amides is 1. The van der Waals surface area contributed by atoms with Gasteiger partial charge in [0.15, 0.2) is 0 Å². The lowest BCUT2D eigenvalue weighted by Gasteiger charge is -2.20. The lowest BCUT2D eigenvalue weighted by Crippen LogP contribution is -2.31. The summed E-state index contributed by atoms with van der Waals surface area (Å²) in [6.45, 7) is 5.91. The maximum absolute atomic E-state index is 12.2. The number of rotatable bonds is 7. The van der Waals surface area contributed by atoms with Crippen LogP contribution in [0.15, 0.2) is 30.5 Å². The van der Waals surface area contributed by atoms with Gasteiger partial charge < -0.3 is 9.88 Å². The molecule has 0 saturated heterocycles.